The average Bonchev–Trinajstić information content (AvgIpc) is 3.11. The maximum Gasteiger partial charge on any atom is 0.223 e. The molecule has 0 aliphatic carbocycles. The molecule has 122 valence electrons. The number of carbonyl (C=O) groups excluding carboxylic acids is 1. The molecule has 2 saturated heterocycles. The van der Waals surface area contributed by atoms with Gasteiger partial charge in [-0.25, -0.2) is 4.98 Å². The van der Waals surface area contributed by atoms with Gasteiger partial charge in [-0.1, -0.05) is 0 Å². The maximum absolute atomic E-state index is 12.5. The Morgan fingerprint density at radius 3 is 3.09 bits per heavy atom. The lowest BCUT2D eigenvalue weighted by molar-refractivity contribution is -0.131. The van der Waals surface area contributed by atoms with Gasteiger partial charge in [0.1, 0.15) is 5.65 Å². The van der Waals surface area contributed by atoms with Gasteiger partial charge in [-0.3, -0.25) is 4.79 Å². The molecule has 2 aromatic heterocycles. The fourth-order valence-electron chi connectivity index (χ4n) is 3.81. The first-order valence-electron chi connectivity index (χ1n) is 8.50. The lowest BCUT2D eigenvalue weighted by Crippen LogP contribution is -2.32. The summed E-state index contributed by atoms with van der Waals surface area (Å²) in [5, 5.41) is 0. The molecular formula is C18H23N3O2. The number of ether oxygens (including phenoxy) is 1. The number of pyridine rings is 1. The summed E-state index contributed by atoms with van der Waals surface area (Å²) < 4.78 is 7.99. The summed E-state index contributed by atoms with van der Waals surface area (Å²) in [6.45, 7) is 4.27. The zero-order chi connectivity index (χ0) is 15.9. The van der Waals surface area contributed by atoms with E-state index in [1.165, 1.54) is 5.56 Å². The van der Waals surface area contributed by atoms with Crippen molar-refractivity contribution in [2.45, 2.75) is 51.2 Å². The van der Waals surface area contributed by atoms with Crippen LogP contribution in [0, 0.1) is 6.92 Å². The number of carbonyl (C=O) groups is 1. The molecule has 5 nitrogen and oxygen atoms in total. The van der Waals surface area contributed by atoms with Gasteiger partial charge in [-0.05, 0) is 50.3 Å². The number of nitrogens with zero attached hydrogens (tertiary/aromatic N) is 3. The molecule has 2 aliphatic rings. The monoisotopic (exact) mass is 313 g/mol. The maximum atomic E-state index is 12.5. The molecule has 1 atom stereocenters. The molecule has 0 saturated carbocycles. The molecule has 1 spiro atoms. The Morgan fingerprint density at radius 2 is 2.26 bits per heavy atom. The van der Waals surface area contributed by atoms with E-state index in [1.807, 2.05) is 21.7 Å². The largest absolute Gasteiger partial charge is 0.375 e. The standard InChI is InChI=1S/C18H23N3O2/c1-14-4-8-20-12-15(19-16(20)11-14)13-21-9-7-18(5-2-10-23-18)6-3-17(21)22/h4,8,11-12H,2-3,5-7,9-10,13H2,1H3/t18-/m1/s1. The van der Waals surface area contributed by atoms with Gasteiger partial charge in [0.15, 0.2) is 0 Å². The number of aromatic nitrogens is 2. The van der Waals surface area contributed by atoms with E-state index in [4.69, 9.17) is 4.74 Å². The molecule has 2 fully saturated rings. The quantitative estimate of drug-likeness (QED) is 0.856. The number of amides is 1. The van der Waals surface area contributed by atoms with Crippen molar-refractivity contribution in [3.63, 3.8) is 0 Å². The summed E-state index contributed by atoms with van der Waals surface area (Å²) in [7, 11) is 0. The molecule has 5 heteroatoms. The number of rotatable bonds is 2. The van der Waals surface area contributed by atoms with Crippen molar-refractivity contribution in [2.24, 2.45) is 0 Å². The molecule has 23 heavy (non-hydrogen) atoms. The van der Waals surface area contributed by atoms with Gasteiger partial charge in [0.05, 0.1) is 17.8 Å². The molecule has 4 rings (SSSR count). The van der Waals surface area contributed by atoms with Crippen molar-refractivity contribution in [1.29, 1.82) is 0 Å². The number of fused-ring (bicyclic) bond motifs is 1. The van der Waals surface area contributed by atoms with Crippen molar-refractivity contribution in [2.75, 3.05) is 13.2 Å². The van der Waals surface area contributed by atoms with Gasteiger partial charge in [-0.2, -0.15) is 0 Å². The Kier molecular flexibility index (Phi) is 3.60. The fourth-order valence-corrected chi connectivity index (χ4v) is 3.81. The minimum Gasteiger partial charge on any atom is -0.375 e. The second-order valence-electron chi connectivity index (χ2n) is 6.90. The average molecular weight is 313 g/mol. The van der Waals surface area contributed by atoms with E-state index in [-0.39, 0.29) is 11.5 Å². The van der Waals surface area contributed by atoms with Crippen molar-refractivity contribution in [3.8, 4) is 0 Å². The Balaban J connectivity index is 1.51. The number of hydrogen-bond acceptors (Lipinski definition) is 3. The van der Waals surface area contributed by atoms with Crippen LogP contribution in [0.25, 0.3) is 5.65 Å². The predicted molar refractivity (Wildman–Crippen MR) is 87.1 cm³/mol. The number of likely N-dealkylation sites (tertiary alicyclic amines) is 1. The van der Waals surface area contributed by atoms with E-state index < -0.39 is 0 Å². The summed E-state index contributed by atoms with van der Waals surface area (Å²) in [4.78, 5) is 19.1. The molecule has 2 aromatic rings. The fraction of sp³-hybridized carbons (Fsp3) is 0.556. The van der Waals surface area contributed by atoms with E-state index in [0.717, 1.165) is 50.2 Å². The number of imidazole rings is 1. The summed E-state index contributed by atoms with van der Waals surface area (Å²) in [5.74, 6) is 0.227. The van der Waals surface area contributed by atoms with Gasteiger partial charge < -0.3 is 14.0 Å². The molecule has 0 radical (unpaired) electrons. The van der Waals surface area contributed by atoms with Crippen LogP contribution in [0.4, 0.5) is 0 Å². The Labute approximate surface area is 136 Å². The third-order valence-corrected chi connectivity index (χ3v) is 5.19. The van der Waals surface area contributed by atoms with E-state index in [1.54, 1.807) is 0 Å². The smallest absolute Gasteiger partial charge is 0.223 e. The van der Waals surface area contributed by atoms with Gasteiger partial charge in [0, 0.05) is 32.0 Å². The van der Waals surface area contributed by atoms with Crippen LogP contribution in [0.2, 0.25) is 0 Å². The normalized spacial score (nSPS) is 25.4. The van der Waals surface area contributed by atoms with E-state index in [9.17, 15) is 4.79 Å². The van der Waals surface area contributed by atoms with Crippen molar-refractivity contribution in [1.82, 2.24) is 14.3 Å². The van der Waals surface area contributed by atoms with Gasteiger partial charge in [-0.15, -0.1) is 0 Å². The van der Waals surface area contributed by atoms with Crippen LogP contribution in [0.1, 0.15) is 43.4 Å². The van der Waals surface area contributed by atoms with Crippen LogP contribution < -0.4 is 0 Å². The van der Waals surface area contributed by atoms with Gasteiger partial charge >= 0.3 is 0 Å². The van der Waals surface area contributed by atoms with Crippen molar-refractivity contribution < 1.29 is 9.53 Å². The third kappa shape index (κ3) is 2.85. The first-order chi connectivity index (χ1) is 11.1. The van der Waals surface area contributed by atoms with Crippen molar-refractivity contribution in [3.05, 3.63) is 35.8 Å². The highest BCUT2D eigenvalue weighted by atomic mass is 16.5. The molecule has 2 aliphatic heterocycles. The Morgan fingerprint density at radius 1 is 1.35 bits per heavy atom. The topological polar surface area (TPSA) is 46.8 Å². The van der Waals surface area contributed by atoms with Gasteiger partial charge in [0.2, 0.25) is 5.91 Å². The minimum atomic E-state index is -0.0412. The summed E-state index contributed by atoms with van der Waals surface area (Å²) in [5.41, 5.74) is 3.05. The van der Waals surface area contributed by atoms with Crippen LogP contribution in [0.5, 0.6) is 0 Å². The number of aryl methyl sites for hydroxylation is 1. The minimum absolute atomic E-state index is 0.0412. The highest BCUT2D eigenvalue weighted by Crippen LogP contribution is 2.36. The van der Waals surface area contributed by atoms with Crippen LogP contribution >= 0.6 is 0 Å². The number of hydrogen-bond donors (Lipinski definition) is 0. The molecular weight excluding hydrogens is 290 g/mol. The van der Waals surface area contributed by atoms with Crippen LogP contribution in [-0.2, 0) is 16.1 Å². The first kappa shape index (κ1) is 14.7. The van der Waals surface area contributed by atoms with Crippen LogP contribution in [0.15, 0.2) is 24.5 Å². The second kappa shape index (κ2) is 5.64. The molecule has 0 unspecified atom stereocenters. The predicted octanol–water partition coefficient (Wildman–Crippen LogP) is 2.70. The summed E-state index contributed by atoms with van der Waals surface area (Å²) in [6, 6.07) is 4.13. The highest BCUT2D eigenvalue weighted by molar-refractivity contribution is 5.76. The first-order valence-corrected chi connectivity index (χ1v) is 8.50. The summed E-state index contributed by atoms with van der Waals surface area (Å²) >= 11 is 0. The second-order valence-corrected chi connectivity index (χ2v) is 6.90. The summed E-state index contributed by atoms with van der Waals surface area (Å²) in [6.07, 6.45) is 8.67. The van der Waals surface area contributed by atoms with Crippen LogP contribution in [-0.4, -0.2) is 38.9 Å². The Bertz CT molecular complexity index is 731. The van der Waals surface area contributed by atoms with Crippen LogP contribution in [0.3, 0.4) is 0 Å². The van der Waals surface area contributed by atoms with E-state index >= 15 is 0 Å². The van der Waals surface area contributed by atoms with E-state index in [0.29, 0.717) is 13.0 Å². The lowest BCUT2D eigenvalue weighted by atomic mass is 9.92. The Hall–Kier alpha value is -1.88. The molecule has 0 bridgehead atoms. The van der Waals surface area contributed by atoms with Gasteiger partial charge in [0.25, 0.3) is 0 Å². The molecule has 0 N–H and O–H groups in total. The molecule has 0 aromatic carbocycles. The van der Waals surface area contributed by atoms with Crippen molar-refractivity contribution >= 4 is 11.6 Å². The zero-order valence-electron chi connectivity index (χ0n) is 13.6. The highest BCUT2D eigenvalue weighted by Gasteiger charge is 2.38. The lowest BCUT2D eigenvalue weighted by Gasteiger charge is -2.26. The van der Waals surface area contributed by atoms with E-state index in [2.05, 4.69) is 24.0 Å². The zero-order valence-corrected chi connectivity index (χ0v) is 13.6. The molecule has 4 heterocycles. The molecule has 1 amide bonds. The third-order valence-electron chi connectivity index (χ3n) is 5.19. The SMILES string of the molecule is Cc1ccn2cc(CN3CC[C@@]4(CCCO4)CCC3=O)nc2c1.